The predicted octanol–water partition coefficient (Wildman–Crippen LogP) is 2.31. The molecule has 1 aromatic carbocycles. The van der Waals surface area contributed by atoms with E-state index in [0.29, 0.717) is 21.7 Å². The van der Waals surface area contributed by atoms with E-state index < -0.39 is 10.0 Å². The summed E-state index contributed by atoms with van der Waals surface area (Å²) in [5.74, 6) is 0.510. The first-order chi connectivity index (χ1) is 9.06. The first-order valence-electron chi connectivity index (χ1n) is 6.73. The highest BCUT2D eigenvalue weighted by molar-refractivity contribution is 7.90. The van der Waals surface area contributed by atoms with Crippen molar-refractivity contribution < 1.29 is 8.42 Å². The highest BCUT2D eigenvalue weighted by Crippen LogP contribution is 2.44. The molecule has 0 saturated heterocycles. The Labute approximate surface area is 114 Å². The van der Waals surface area contributed by atoms with Gasteiger partial charge >= 0.3 is 0 Å². The fourth-order valence-corrected chi connectivity index (χ4v) is 4.05. The Morgan fingerprint density at radius 1 is 1.32 bits per heavy atom. The van der Waals surface area contributed by atoms with Gasteiger partial charge in [-0.15, -0.1) is 0 Å². The third-order valence-electron chi connectivity index (χ3n) is 4.40. The summed E-state index contributed by atoms with van der Waals surface area (Å²) in [5, 5.41) is 0. The van der Waals surface area contributed by atoms with E-state index >= 15 is 0 Å². The highest BCUT2D eigenvalue weighted by atomic mass is 32.2. The molecule has 0 spiro atoms. The number of fused-ring (bicyclic) bond motifs is 1. The lowest BCUT2D eigenvalue weighted by Crippen LogP contribution is -2.33. The number of nitrogens with zero attached hydrogens (tertiary/aromatic N) is 1. The number of hydrogen-bond donors (Lipinski definition) is 1. The Morgan fingerprint density at radius 2 is 2.05 bits per heavy atom. The Hall–Kier alpha value is -1.36. The third-order valence-corrected chi connectivity index (χ3v) is 5.80. The summed E-state index contributed by atoms with van der Waals surface area (Å²) in [6, 6.07) is 7.01. The van der Waals surface area contributed by atoms with Crippen LogP contribution in [0, 0.1) is 5.41 Å². The van der Waals surface area contributed by atoms with Gasteiger partial charge < -0.3 is 0 Å². The van der Waals surface area contributed by atoms with E-state index in [0.717, 1.165) is 13.0 Å². The van der Waals surface area contributed by atoms with Gasteiger partial charge in [-0.3, -0.25) is 9.71 Å². The van der Waals surface area contributed by atoms with Crippen molar-refractivity contribution in [1.29, 1.82) is 0 Å². The lowest BCUT2D eigenvalue weighted by atomic mass is 9.67. The van der Waals surface area contributed by atoms with Crippen LogP contribution in [-0.2, 0) is 10.0 Å². The minimum Gasteiger partial charge on any atom is -0.267 e. The fourth-order valence-electron chi connectivity index (χ4n) is 2.80. The molecule has 0 unspecified atom stereocenters. The number of benzene rings is 1. The first kappa shape index (κ1) is 12.7. The average Bonchev–Trinajstić information content (AvgIpc) is 2.61. The van der Waals surface area contributed by atoms with Gasteiger partial charge in [0.15, 0.2) is 0 Å². The third kappa shape index (κ3) is 2.06. The number of amidine groups is 1. The van der Waals surface area contributed by atoms with Gasteiger partial charge in [0.05, 0.1) is 4.90 Å². The summed E-state index contributed by atoms with van der Waals surface area (Å²) in [6.45, 7) is 2.90. The number of nitrogens with one attached hydrogen (secondary N) is 1. The summed E-state index contributed by atoms with van der Waals surface area (Å²) in [5.41, 5.74) is 1.00. The monoisotopic (exact) mass is 278 g/mol. The first-order valence-corrected chi connectivity index (χ1v) is 8.21. The molecule has 2 aliphatic rings. The van der Waals surface area contributed by atoms with Crippen LogP contribution in [0.25, 0.3) is 0 Å². The van der Waals surface area contributed by atoms with Crippen LogP contribution in [0.4, 0.5) is 0 Å². The Balaban J connectivity index is 1.91. The number of hydrogen-bond acceptors (Lipinski definition) is 3. The topological polar surface area (TPSA) is 58.5 Å². The zero-order valence-corrected chi connectivity index (χ0v) is 11.8. The van der Waals surface area contributed by atoms with Crippen LogP contribution in [0.1, 0.15) is 38.2 Å². The Bertz CT molecular complexity index is 625. The van der Waals surface area contributed by atoms with Crippen LogP contribution < -0.4 is 4.72 Å². The predicted molar refractivity (Wildman–Crippen MR) is 74.7 cm³/mol. The van der Waals surface area contributed by atoms with Gasteiger partial charge in [-0.2, -0.15) is 0 Å². The Kier molecular flexibility index (Phi) is 2.89. The van der Waals surface area contributed by atoms with Gasteiger partial charge in [0.1, 0.15) is 5.84 Å². The van der Waals surface area contributed by atoms with Crippen molar-refractivity contribution >= 4 is 15.9 Å². The van der Waals surface area contributed by atoms with E-state index in [2.05, 4.69) is 16.6 Å². The summed E-state index contributed by atoms with van der Waals surface area (Å²) >= 11 is 0. The molecule has 1 heterocycles. The second-order valence-electron chi connectivity index (χ2n) is 5.47. The molecule has 4 nitrogen and oxygen atoms in total. The van der Waals surface area contributed by atoms with Crippen molar-refractivity contribution in [2.24, 2.45) is 10.4 Å². The number of sulfonamides is 1. The molecule has 1 aliphatic heterocycles. The summed E-state index contributed by atoms with van der Waals surface area (Å²) in [6.07, 6.45) is 4.78. The second-order valence-corrected chi connectivity index (χ2v) is 7.12. The highest BCUT2D eigenvalue weighted by Gasteiger charge is 2.36. The zero-order valence-electron chi connectivity index (χ0n) is 11.0. The van der Waals surface area contributed by atoms with Crippen LogP contribution in [0.3, 0.4) is 0 Å². The normalized spacial score (nSPS) is 24.6. The average molecular weight is 278 g/mol. The van der Waals surface area contributed by atoms with Gasteiger partial charge in [0.25, 0.3) is 10.0 Å². The van der Waals surface area contributed by atoms with E-state index in [1.165, 1.54) is 19.3 Å². The molecule has 0 radical (unpaired) electrons. The van der Waals surface area contributed by atoms with Crippen molar-refractivity contribution in [3.8, 4) is 0 Å². The number of aliphatic imine (C=N–C) groups is 1. The van der Waals surface area contributed by atoms with Crippen LogP contribution in [0.15, 0.2) is 34.2 Å². The molecule has 0 aromatic heterocycles. The molecular weight excluding hydrogens is 260 g/mol. The smallest absolute Gasteiger partial charge is 0.263 e. The van der Waals surface area contributed by atoms with Gasteiger partial charge in [-0.25, -0.2) is 8.42 Å². The SMILES string of the molecule is CCC1(CN=C2NS(=O)(=O)c3ccccc32)CCC1. The standard InChI is InChI=1S/C14H18N2O2S/c1-2-14(8-5-9-14)10-15-13-11-6-3-4-7-12(11)19(17,18)16-13/h3-4,6-7H,2,5,8-10H2,1H3,(H,15,16). The lowest BCUT2D eigenvalue weighted by Gasteiger charge is -2.40. The molecule has 0 bridgehead atoms. The van der Waals surface area contributed by atoms with Crippen molar-refractivity contribution in [1.82, 2.24) is 4.72 Å². The van der Waals surface area contributed by atoms with Crippen molar-refractivity contribution in [3.05, 3.63) is 29.8 Å². The molecule has 1 N–H and O–H groups in total. The summed E-state index contributed by atoms with van der Waals surface area (Å²) in [4.78, 5) is 4.89. The largest absolute Gasteiger partial charge is 0.267 e. The molecule has 3 rings (SSSR count). The molecule has 1 aromatic rings. The van der Waals surface area contributed by atoms with E-state index in [-0.39, 0.29) is 0 Å². The molecule has 0 amide bonds. The van der Waals surface area contributed by atoms with Crippen LogP contribution >= 0.6 is 0 Å². The molecule has 19 heavy (non-hydrogen) atoms. The molecule has 1 fully saturated rings. The molecule has 1 aliphatic carbocycles. The second kappa shape index (κ2) is 4.34. The lowest BCUT2D eigenvalue weighted by molar-refractivity contribution is 0.139. The van der Waals surface area contributed by atoms with Gasteiger partial charge in [0.2, 0.25) is 0 Å². The summed E-state index contributed by atoms with van der Waals surface area (Å²) < 4.78 is 26.5. The van der Waals surface area contributed by atoms with Gasteiger partial charge in [-0.1, -0.05) is 25.5 Å². The maximum atomic E-state index is 11.9. The van der Waals surface area contributed by atoms with E-state index in [1.54, 1.807) is 12.1 Å². The van der Waals surface area contributed by atoms with E-state index in [9.17, 15) is 8.42 Å². The van der Waals surface area contributed by atoms with Crippen molar-refractivity contribution in [2.75, 3.05) is 6.54 Å². The maximum absolute atomic E-state index is 11.9. The quantitative estimate of drug-likeness (QED) is 0.922. The molecule has 5 heteroatoms. The molecular formula is C14H18N2O2S. The zero-order chi connectivity index (χ0) is 13.5. The fraction of sp³-hybridized carbons (Fsp3) is 0.500. The maximum Gasteiger partial charge on any atom is 0.263 e. The van der Waals surface area contributed by atoms with Crippen LogP contribution in [-0.4, -0.2) is 20.8 Å². The van der Waals surface area contributed by atoms with E-state index in [1.807, 2.05) is 12.1 Å². The van der Waals surface area contributed by atoms with Crippen LogP contribution in [0.2, 0.25) is 0 Å². The molecule has 102 valence electrons. The molecule has 1 saturated carbocycles. The minimum atomic E-state index is -3.40. The van der Waals surface area contributed by atoms with Gasteiger partial charge in [-0.05, 0) is 36.8 Å². The molecule has 0 atom stereocenters. The Morgan fingerprint density at radius 3 is 2.68 bits per heavy atom. The summed E-state index contributed by atoms with van der Waals surface area (Å²) in [7, 11) is -3.40. The van der Waals surface area contributed by atoms with Crippen molar-refractivity contribution in [2.45, 2.75) is 37.5 Å². The van der Waals surface area contributed by atoms with Gasteiger partial charge in [0, 0.05) is 12.1 Å². The number of rotatable bonds is 3. The minimum absolute atomic E-state index is 0.302. The van der Waals surface area contributed by atoms with Crippen molar-refractivity contribution in [3.63, 3.8) is 0 Å². The van der Waals surface area contributed by atoms with Crippen LogP contribution in [0.5, 0.6) is 0 Å². The van der Waals surface area contributed by atoms with E-state index in [4.69, 9.17) is 0 Å².